The minimum absolute atomic E-state index is 0.133. The molecule has 1 aromatic carbocycles. The van der Waals surface area contributed by atoms with E-state index in [0.29, 0.717) is 11.8 Å². The number of amides is 1. The van der Waals surface area contributed by atoms with Crippen LogP contribution in [-0.2, 0) is 4.79 Å². The first-order valence-corrected chi connectivity index (χ1v) is 7.71. The number of allylic oxidation sites excluding steroid dienone is 1. The molecule has 3 nitrogen and oxygen atoms in total. The molecule has 4 atom stereocenters. The number of anilines is 2. The van der Waals surface area contributed by atoms with E-state index >= 15 is 0 Å². The molecule has 3 heteroatoms. The van der Waals surface area contributed by atoms with Crippen LogP contribution in [0.4, 0.5) is 11.4 Å². The molecule has 4 unspecified atom stereocenters. The molecule has 1 aromatic rings. The van der Waals surface area contributed by atoms with Crippen LogP contribution in [0.5, 0.6) is 0 Å². The van der Waals surface area contributed by atoms with Crippen molar-refractivity contribution in [2.45, 2.75) is 25.7 Å². The number of nitrogens with one attached hydrogen (secondary N) is 2. The van der Waals surface area contributed by atoms with E-state index in [1.807, 2.05) is 18.2 Å². The first-order valence-electron chi connectivity index (χ1n) is 7.71. The Hall–Kier alpha value is -1.77. The molecule has 0 radical (unpaired) electrons. The lowest BCUT2D eigenvalue weighted by Gasteiger charge is -2.36. The number of hydrogen-bond acceptors (Lipinski definition) is 2. The van der Waals surface area contributed by atoms with Crippen molar-refractivity contribution in [3.05, 3.63) is 35.5 Å². The maximum Gasteiger partial charge on any atom is 0.253 e. The Bertz CT molecular complexity index is 646. The minimum Gasteiger partial charge on any atom is -0.357 e. The van der Waals surface area contributed by atoms with Gasteiger partial charge in [-0.25, -0.2) is 0 Å². The fraction of sp³-hybridized carbons (Fsp3) is 0.471. The quantitative estimate of drug-likeness (QED) is 0.756. The molecule has 3 aliphatic carbocycles. The highest BCUT2D eigenvalue weighted by molar-refractivity contribution is 6.08. The fourth-order valence-electron chi connectivity index (χ4n) is 5.07. The number of para-hydroxylation sites is 2. The fourth-order valence-corrected chi connectivity index (χ4v) is 5.07. The predicted molar refractivity (Wildman–Crippen MR) is 78.1 cm³/mol. The molecule has 1 heterocycles. The monoisotopic (exact) mass is 266 g/mol. The SMILES string of the molecule is O=C1Nc2ccccc2NC2=C1C1CC3CC(C1)C2C3. The molecule has 1 aliphatic heterocycles. The van der Waals surface area contributed by atoms with Crippen LogP contribution in [0.2, 0.25) is 0 Å². The zero-order valence-electron chi connectivity index (χ0n) is 11.4. The summed E-state index contributed by atoms with van der Waals surface area (Å²) in [7, 11) is 0. The maximum atomic E-state index is 12.7. The van der Waals surface area contributed by atoms with Crippen molar-refractivity contribution >= 4 is 17.3 Å². The van der Waals surface area contributed by atoms with Gasteiger partial charge in [-0.2, -0.15) is 0 Å². The summed E-state index contributed by atoms with van der Waals surface area (Å²) in [6.45, 7) is 0. The van der Waals surface area contributed by atoms with Crippen molar-refractivity contribution < 1.29 is 4.79 Å². The van der Waals surface area contributed by atoms with Crippen molar-refractivity contribution in [1.82, 2.24) is 0 Å². The van der Waals surface area contributed by atoms with Crippen LogP contribution in [0, 0.1) is 23.7 Å². The number of benzene rings is 1. The molecule has 5 rings (SSSR count). The van der Waals surface area contributed by atoms with Gasteiger partial charge in [0.05, 0.1) is 11.4 Å². The Kier molecular flexibility index (Phi) is 2.00. The van der Waals surface area contributed by atoms with Gasteiger partial charge in [0.1, 0.15) is 0 Å². The molecular formula is C17H18N2O. The maximum absolute atomic E-state index is 12.7. The van der Waals surface area contributed by atoms with Crippen molar-refractivity contribution in [3.8, 4) is 0 Å². The largest absolute Gasteiger partial charge is 0.357 e. The molecular weight excluding hydrogens is 248 g/mol. The topological polar surface area (TPSA) is 41.1 Å². The van der Waals surface area contributed by atoms with E-state index in [9.17, 15) is 4.79 Å². The van der Waals surface area contributed by atoms with Crippen LogP contribution < -0.4 is 10.6 Å². The number of rotatable bonds is 0. The second-order valence-electron chi connectivity index (χ2n) is 6.82. The minimum atomic E-state index is 0.133. The van der Waals surface area contributed by atoms with E-state index in [2.05, 4.69) is 16.7 Å². The van der Waals surface area contributed by atoms with E-state index in [4.69, 9.17) is 0 Å². The molecule has 0 spiro atoms. The van der Waals surface area contributed by atoms with Crippen LogP contribution in [0.3, 0.4) is 0 Å². The van der Waals surface area contributed by atoms with Gasteiger partial charge < -0.3 is 10.6 Å². The third kappa shape index (κ3) is 1.33. The van der Waals surface area contributed by atoms with Gasteiger partial charge in [0, 0.05) is 17.2 Å². The smallest absolute Gasteiger partial charge is 0.253 e. The highest BCUT2D eigenvalue weighted by atomic mass is 16.1. The van der Waals surface area contributed by atoms with Gasteiger partial charge in [-0.1, -0.05) is 12.1 Å². The van der Waals surface area contributed by atoms with Crippen LogP contribution in [0.25, 0.3) is 0 Å². The number of carbonyl (C=O) groups excluding carboxylic acids is 1. The molecule has 0 saturated heterocycles. The number of hydrogen-bond donors (Lipinski definition) is 2. The summed E-state index contributed by atoms with van der Waals surface area (Å²) in [6, 6.07) is 8.05. The van der Waals surface area contributed by atoms with E-state index in [1.165, 1.54) is 31.4 Å². The zero-order chi connectivity index (χ0) is 13.3. The number of carbonyl (C=O) groups is 1. The molecule has 2 saturated carbocycles. The van der Waals surface area contributed by atoms with Gasteiger partial charge in [-0.15, -0.1) is 0 Å². The summed E-state index contributed by atoms with van der Waals surface area (Å²) in [5.41, 5.74) is 4.27. The van der Waals surface area contributed by atoms with Crippen LogP contribution >= 0.6 is 0 Å². The molecule has 3 bridgehead atoms. The van der Waals surface area contributed by atoms with E-state index in [0.717, 1.165) is 28.8 Å². The standard InChI is InChI=1S/C17H18N2O/c20-17-15-11-6-9-5-10(8-11)12(7-9)16(15)18-13-3-1-2-4-14(13)19-17/h1-4,9-12,18H,5-8H2,(H,19,20). The summed E-state index contributed by atoms with van der Waals surface area (Å²) in [4.78, 5) is 12.7. The van der Waals surface area contributed by atoms with E-state index in [1.54, 1.807) is 0 Å². The molecule has 2 N–H and O–H groups in total. The molecule has 102 valence electrons. The van der Waals surface area contributed by atoms with Crippen molar-refractivity contribution in [1.29, 1.82) is 0 Å². The highest BCUT2D eigenvalue weighted by Gasteiger charge is 2.50. The average molecular weight is 266 g/mol. The molecule has 1 amide bonds. The first-order chi connectivity index (χ1) is 9.79. The first kappa shape index (κ1) is 11.0. The Morgan fingerprint density at radius 2 is 1.75 bits per heavy atom. The van der Waals surface area contributed by atoms with Crippen LogP contribution in [0.1, 0.15) is 25.7 Å². The van der Waals surface area contributed by atoms with Gasteiger partial charge in [-0.05, 0) is 55.6 Å². The normalized spacial score (nSPS) is 36.9. The number of fused-ring (bicyclic) bond motifs is 5. The van der Waals surface area contributed by atoms with E-state index in [-0.39, 0.29) is 5.91 Å². The third-order valence-electron chi connectivity index (χ3n) is 5.76. The lowest BCUT2D eigenvalue weighted by atomic mass is 9.70. The summed E-state index contributed by atoms with van der Waals surface area (Å²) < 4.78 is 0. The predicted octanol–water partition coefficient (Wildman–Crippen LogP) is 3.37. The summed E-state index contributed by atoms with van der Waals surface area (Å²) in [5.74, 6) is 2.86. The van der Waals surface area contributed by atoms with Crippen molar-refractivity contribution in [2.75, 3.05) is 10.6 Å². The van der Waals surface area contributed by atoms with Crippen molar-refractivity contribution in [3.63, 3.8) is 0 Å². The Labute approximate surface area is 118 Å². The van der Waals surface area contributed by atoms with Gasteiger partial charge in [0.25, 0.3) is 5.91 Å². The van der Waals surface area contributed by atoms with Gasteiger partial charge in [0.2, 0.25) is 0 Å². The molecule has 20 heavy (non-hydrogen) atoms. The molecule has 4 aliphatic rings. The average Bonchev–Trinajstić information content (AvgIpc) is 2.59. The second-order valence-corrected chi connectivity index (χ2v) is 6.82. The summed E-state index contributed by atoms with van der Waals surface area (Å²) in [6.07, 6.45) is 5.11. The van der Waals surface area contributed by atoms with Crippen LogP contribution in [0.15, 0.2) is 35.5 Å². The highest BCUT2D eigenvalue weighted by Crippen LogP contribution is 2.57. The molecule has 2 fully saturated rings. The van der Waals surface area contributed by atoms with Gasteiger partial charge in [-0.3, -0.25) is 4.79 Å². The van der Waals surface area contributed by atoms with Gasteiger partial charge >= 0.3 is 0 Å². The Balaban J connectivity index is 1.68. The van der Waals surface area contributed by atoms with Crippen molar-refractivity contribution in [2.24, 2.45) is 23.7 Å². The Morgan fingerprint density at radius 1 is 0.950 bits per heavy atom. The Morgan fingerprint density at radius 3 is 2.60 bits per heavy atom. The van der Waals surface area contributed by atoms with Gasteiger partial charge in [0.15, 0.2) is 0 Å². The third-order valence-corrected chi connectivity index (χ3v) is 5.76. The lowest BCUT2D eigenvalue weighted by Crippen LogP contribution is -2.33. The summed E-state index contributed by atoms with van der Waals surface area (Å²) >= 11 is 0. The lowest BCUT2D eigenvalue weighted by molar-refractivity contribution is -0.113. The molecule has 0 aromatic heterocycles. The van der Waals surface area contributed by atoms with Crippen LogP contribution in [-0.4, -0.2) is 5.91 Å². The second kappa shape index (κ2) is 3.66. The summed E-state index contributed by atoms with van der Waals surface area (Å²) in [5, 5.41) is 6.72. The van der Waals surface area contributed by atoms with E-state index < -0.39 is 0 Å². The zero-order valence-corrected chi connectivity index (χ0v) is 11.4.